The first-order valence-electron chi connectivity index (χ1n) is 9.48. The zero-order valence-electron chi connectivity index (χ0n) is 16.9. The number of para-hydroxylation sites is 1. The predicted octanol–water partition coefficient (Wildman–Crippen LogP) is 3.90. The topological polar surface area (TPSA) is 75.7 Å². The van der Waals surface area contributed by atoms with Crippen LogP contribution < -0.4 is 9.46 Å². The standard InChI is InChI=1S/C22H24N2O4S2/c1-3-23-30(26,27)20-12-10-17(11-13-20)22(25)24(16-19-8-6-14-29-19)15-18-7-4-5-9-21(18)28-2/h4-14,23H,3,15-16H2,1-2H3. The van der Waals surface area contributed by atoms with E-state index in [0.29, 0.717) is 30.9 Å². The van der Waals surface area contributed by atoms with Gasteiger partial charge in [0.05, 0.1) is 25.1 Å². The van der Waals surface area contributed by atoms with E-state index in [9.17, 15) is 13.2 Å². The number of thiophene rings is 1. The first-order valence-corrected chi connectivity index (χ1v) is 11.8. The monoisotopic (exact) mass is 444 g/mol. The number of amides is 1. The van der Waals surface area contributed by atoms with E-state index in [4.69, 9.17) is 4.74 Å². The van der Waals surface area contributed by atoms with Crippen molar-refractivity contribution in [3.05, 3.63) is 82.0 Å². The molecule has 0 unspecified atom stereocenters. The molecule has 2 aromatic carbocycles. The van der Waals surface area contributed by atoms with Crippen molar-refractivity contribution in [1.82, 2.24) is 9.62 Å². The van der Waals surface area contributed by atoms with Crippen LogP contribution in [-0.2, 0) is 23.1 Å². The van der Waals surface area contributed by atoms with E-state index < -0.39 is 10.0 Å². The van der Waals surface area contributed by atoms with Crippen LogP contribution in [0.2, 0.25) is 0 Å². The van der Waals surface area contributed by atoms with Crippen molar-refractivity contribution in [3.63, 3.8) is 0 Å². The second kappa shape index (κ2) is 9.88. The van der Waals surface area contributed by atoms with Gasteiger partial charge < -0.3 is 9.64 Å². The fourth-order valence-corrected chi connectivity index (χ4v) is 4.82. The number of hydrogen-bond donors (Lipinski definition) is 1. The van der Waals surface area contributed by atoms with Gasteiger partial charge in [0.15, 0.2) is 0 Å². The highest BCUT2D eigenvalue weighted by Gasteiger charge is 2.20. The molecule has 0 fully saturated rings. The summed E-state index contributed by atoms with van der Waals surface area (Å²) >= 11 is 1.58. The Kier molecular flexibility index (Phi) is 7.25. The van der Waals surface area contributed by atoms with E-state index in [0.717, 1.165) is 10.4 Å². The molecule has 1 N–H and O–H groups in total. The maximum atomic E-state index is 13.3. The lowest BCUT2D eigenvalue weighted by atomic mass is 10.1. The number of rotatable bonds is 9. The Morgan fingerprint density at radius 1 is 1.03 bits per heavy atom. The fraction of sp³-hybridized carbons (Fsp3) is 0.227. The molecule has 0 radical (unpaired) electrons. The summed E-state index contributed by atoms with van der Waals surface area (Å²) in [6.45, 7) is 2.84. The minimum Gasteiger partial charge on any atom is -0.496 e. The summed E-state index contributed by atoms with van der Waals surface area (Å²) in [5.74, 6) is 0.537. The molecule has 1 amide bonds. The van der Waals surface area contributed by atoms with Gasteiger partial charge in [0, 0.05) is 22.5 Å². The van der Waals surface area contributed by atoms with E-state index in [2.05, 4.69) is 4.72 Å². The summed E-state index contributed by atoms with van der Waals surface area (Å²) in [5, 5.41) is 1.97. The molecule has 1 heterocycles. The van der Waals surface area contributed by atoms with Gasteiger partial charge in [-0.1, -0.05) is 31.2 Å². The Bertz CT molecular complexity index is 1080. The quantitative estimate of drug-likeness (QED) is 0.543. The highest BCUT2D eigenvalue weighted by Crippen LogP contribution is 2.23. The fourth-order valence-electron chi connectivity index (χ4n) is 3.06. The largest absolute Gasteiger partial charge is 0.496 e. The molecule has 0 saturated heterocycles. The molecular formula is C22H24N2O4S2. The maximum absolute atomic E-state index is 13.3. The van der Waals surface area contributed by atoms with E-state index in [1.165, 1.54) is 12.1 Å². The third-order valence-electron chi connectivity index (χ3n) is 4.51. The molecular weight excluding hydrogens is 420 g/mol. The van der Waals surface area contributed by atoms with Crippen molar-refractivity contribution >= 4 is 27.3 Å². The van der Waals surface area contributed by atoms with Crippen LogP contribution >= 0.6 is 11.3 Å². The number of carbonyl (C=O) groups excluding carboxylic acids is 1. The van der Waals surface area contributed by atoms with Gasteiger partial charge in [0.2, 0.25) is 10.0 Å². The number of nitrogens with one attached hydrogen (secondary N) is 1. The SMILES string of the molecule is CCNS(=O)(=O)c1ccc(C(=O)N(Cc2cccs2)Cc2ccccc2OC)cc1. The summed E-state index contributed by atoms with van der Waals surface area (Å²) < 4.78 is 32.2. The molecule has 8 heteroatoms. The molecule has 3 aromatic rings. The maximum Gasteiger partial charge on any atom is 0.254 e. The number of benzene rings is 2. The van der Waals surface area contributed by atoms with E-state index >= 15 is 0 Å². The highest BCUT2D eigenvalue weighted by molar-refractivity contribution is 7.89. The number of sulfonamides is 1. The molecule has 30 heavy (non-hydrogen) atoms. The molecule has 0 saturated carbocycles. The normalized spacial score (nSPS) is 11.3. The number of carbonyl (C=O) groups is 1. The van der Waals surface area contributed by atoms with Gasteiger partial charge in [-0.25, -0.2) is 13.1 Å². The van der Waals surface area contributed by atoms with Gasteiger partial charge in [-0.2, -0.15) is 0 Å². The summed E-state index contributed by atoms with van der Waals surface area (Å²) in [6.07, 6.45) is 0. The first-order chi connectivity index (χ1) is 14.4. The summed E-state index contributed by atoms with van der Waals surface area (Å²) in [6, 6.07) is 17.5. The van der Waals surface area contributed by atoms with Gasteiger partial charge in [-0.15, -0.1) is 11.3 Å². The van der Waals surface area contributed by atoms with E-state index in [1.54, 1.807) is 42.4 Å². The molecule has 158 valence electrons. The smallest absolute Gasteiger partial charge is 0.254 e. The molecule has 6 nitrogen and oxygen atoms in total. The number of methoxy groups -OCH3 is 1. The summed E-state index contributed by atoms with van der Waals surface area (Å²) in [5.41, 5.74) is 1.33. The van der Waals surface area contributed by atoms with Crippen molar-refractivity contribution in [1.29, 1.82) is 0 Å². The summed E-state index contributed by atoms with van der Waals surface area (Å²) in [7, 11) is -1.96. The van der Waals surface area contributed by atoms with E-state index in [1.807, 2.05) is 41.8 Å². The van der Waals surface area contributed by atoms with Gasteiger partial charge in [0.25, 0.3) is 5.91 Å². The van der Waals surface area contributed by atoms with Crippen LogP contribution in [0.1, 0.15) is 27.7 Å². The molecule has 0 aliphatic heterocycles. The van der Waals surface area contributed by atoms with Gasteiger partial charge >= 0.3 is 0 Å². The van der Waals surface area contributed by atoms with Gasteiger partial charge in [-0.3, -0.25) is 4.79 Å². The Balaban J connectivity index is 1.88. The van der Waals surface area contributed by atoms with Crippen LogP contribution in [0.15, 0.2) is 70.9 Å². The van der Waals surface area contributed by atoms with Crippen molar-refractivity contribution in [2.45, 2.75) is 24.9 Å². The predicted molar refractivity (Wildman–Crippen MR) is 118 cm³/mol. The second-order valence-electron chi connectivity index (χ2n) is 6.58. The van der Waals surface area contributed by atoms with Crippen molar-refractivity contribution in [2.24, 2.45) is 0 Å². The van der Waals surface area contributed by atoms with Crippen molar-refractivity contribution in [2.75, 3.05) is 13.7 Å². The lowest BCUT2D eigenvalue weighted by molar-refractivity contribution is 0.0730. The Morgan fingerprint density at radius 3 is 2.40 bits per heavy atom. The molecule has 0 atom stereocenters. The zero-order chi connectivity index (χ0) is 21.6. The Labute approximate surface area is 181 Å². The Hall–Kier alpha value is -2.68. The third kappa shape index (κ3) is 5.27. The lowest BCUT2D eigenvalue weighted by Crippen LogP contribution is -2.30. The second-order valence-corrected chi connectivity index (χ2v) is 9.38. The van der Waals surface area contributed by atoms with Crippen LogP contribution in [0.5, 0.6) is 5.75 Å². The molecule has 0 aliphatic rings. The lowest BCUT2D eigenvalue weighted by Gasteiger charge is -2.23. The van der Waals surface area contributed by atoms with Crippen molar-refractivity contribution < 1.29 is 17.9 Å². The van der Waals surface area contributed by atoms with Crippen molar-refractivity contribution in [3.8, 4) is 5.75 Å². The third-order valence-corrected chi connectivity index (χ3v) is 6.94. The molecule has 0 spiro atoms. The van der Waals surface area contributed by atoms with Gasteiger partial charge in [0.1, 0.15) is 5.75 Å². The van der Waals surface area contributed by atoms with Crippen LogP contribution in [0.3, 0.4) is 0 Å². The van der Waals surface area contributed by atoms with Crippen LogP contribution in [0.25, 0.3) is 0 Å². The van der Waals surface area contributed by atoms with Crippen LogP contribution in [-0.4, -0.2) is 32.9 Å². The molecule has 0 bridgehead atoms. The molecule has 0 aliphatic carbocycles. The molecule has 3 rings (SSSR count). The first kappa shape index (κ1) is 22.0. The molecule has 1 aromatic heterocycles. The minimum atomic E-state index is -3.56. The average molecular weight is 445 g/mol. The number of nitrogens with zero attached hydrogens (tertiary/aromatic N) is 1. The minimum absolute atomic E-state index is 0.135. The van der Waals surface area contributed by atoms with Crippen LogP contribution in [0.4, 0.5) is 0 Å². The Morgan fingerprint density at radius 2 is 1.77 bits per heavy atom. The summed E-state index contributed by atoms with van der Waals surface area (Å²) in [4.78, 5) is 16.2. The van der Waals surface area contributed by atoms with E-state index in [-0.39, 0.29) is 10.8 Å². The number of ether oxygens (including phenoxy) is 1. The van der Waals surface area contributed by atoms with Crippen LogP contribution in [0, 0.1) is 0 Å². The van der Waals surface area contributed by atoms with Gasteiger partial charge in [-0.05, 0) is 41.8 Å². The average Bonchev–Trinajstić information content (AvgIpc) is 3.26. The highest BCUT2D eigenvalue weighted by atomic mass is 32.2. The zero-order valence-corrected chi connectivity index (χ0v) is 18.5. The number of hydrogen-bond acceptors (Lipinski definition) is 5.